The number of pyridine rings is 1. The zero-order valence-electron chi connectivity index (χ0n) is 15.2. The number of hydrogen-bond acceptors (Lipinski definition) is 4. The second kappa shape index (κ2) is 7.46. The van der Waals surface area contributed by atoms with Gasteiger partial charge in [0.15, 0.2) is 0 Å². The highest BCUT2D eigenvalue weighted by Crippen LogP contribution is 2.35. The Morgan fingerprint density at radius 3 is 2.58 bits per heavy atom. The molecular formula is C21H25N3O2. The van der Waals surface area contributed by atoms with Crippen molar-refractivity contribution >= 4 is 11.7 Å². The molecular weight excluding hydrogens is 326 g/mol. The standard InChI is InChI=1S/C21H25N3O2/c1-16-18(9-10-20(22-16)23-12-14-26-15-13-23)19-8-5-11-24(19)21(25)17-6-3-2-4-7-17/h2-4,6-7,9-10,19H,5,8,11-15H2,1H3. The van der Waals surface area contributed by atoms with Crippen LogP contribution in [0.25, 0.3) is 0 Å². The molecule has 2 fully saturated rings. The molecule has 1 unspecified atom stereocenters. The molecule has 0 N–H and O–H groups in total. The van der Waals surface area contributed by atoms with Crippen molar-refractivity contribution in [1.82, 2.24) is 9.88 Å². The van der Waals surface area contributed by atoms with Crippen LogP contribution in [0.4, 0.5) is 5.82 Å². The molecule has 2 aliphatic rings. The Kier molecular flexibility index (Phi) is 4.89. The molecule has 136 valence electrons. The zero-order valence-corrected chi connectivity index (χ0v) is 15.2. The summed E-state index contributed by atoms with van der Waals surface area (Å²) in [5, 5.41) is 0. The number of aromatic nitrogens is 1. The van der Waals surface area contributed by atoms with Gasteiger partial charge in [0.25, 0.3) is 5.91 Å². The van der Waals surface area contributed by atoms with Crippen molar-refractivity contribution in [2.45, 2.75) is 25.8 Å². The lowest BCUT2D eigenvalue weighted by molar-refractivity contribution is 0.0735. The van der Waals surface area contributed by atoms with Gasteiger partial charge in [-0.1, -0.05) is 24.3 Å². The van der Waals surface area contributed by atoms with E-state index in [0.29, 0.717) is 0 Å². The molecule has 1 aromatic carbocycles. The van der Waals surface area contributed by atoms with Crippen molar-refractivity contribution in [3.8, 4) is 0 Å². The normalized spacial score (nSPS) is 20.4. The predicted octanol–water partition coefficient (Wildman–Crippen LogP) is 3.20. The van der Waals surface area contributed by atoms with Gasteiger partial charge in [-0.2, -0.15) is 0 Å². The minimum atomic E-state index is 0.116. The van der Waals surface area contributed by atoms with Gasteiger partial charge in [-0.3, -0.25) is 4.79 Å². The first-order valence-electron chi connectivity index (χ1n) is 9.40. The molecule has 1 amide bonds. The summed E-state index contributed by atoms with van der Waals surface area (Å²) in [4.78, 5) is 22.1. The maximum atomic E-state index is 12.9. The summed E-state index contributed by atoms with van der Waals surface area (Å²) >= 11 is 0. The molecule has 0 radical (unpaired) electrons. The number of hydrogen-bond donors (Lipinski definition) is 0. The van der Waals surface area contributed by atoms with Gasteiger partial charge in [-0.15, -0.1) is 0 Å². The van der Waals surface area contributed by atoms with Crippen LogP contribution in [0.1, 0.15) is 40.5 Å². The Bertz CT molecular complexity index is 772. The van der Waals surface area contributed by atoms with Crippen LogP contribution in [0.3, 0.4) is 0 Å². The molecule has 0 bridgehead atoms. The summed E-state index contributed by atoms with van der Waals surface area (Å²) in [5.41, 5.74) is 2.95. The molecule has 3 heterocycles. The number of morpholine rings is 1. The van der Waals surface area contributed by atoms with E-state index in [-0.39, 0.29) is 11.9 Å². The first kappa shape index (κ1) is 17.0. The number of rotatable bonds is 3. The number of aryl methyl sites for hydroxylation is 1. The molecule has 0 aliphatic carbocycles. The molecule has 2 saturated heterocycles. The van der Waals surface area contributed by atoms with Crippen molar-refractivity contribution in [2.75, 3.05) is 37.7 Å². The average Bonchev–Trinajstić information content (AvgIpc) is 3.18. The first-order valence-corrected chi connectivity index (χ1v) is 9.40. The van der Waals surface area contributed by atoms with E-state index in [1.165, 1.54) is 5.56 Å². The molecule has 26 heavy (non-hydrogen) atoms. The van der Waals surface area contributed by atoms with Crippen LogP contribution in [-0.4, -0.2) is 48.6 Å². The summed E-state index contributed by atoms with van der Waals surface area (Å²) in [5.74, 6) is 1.12. The number of likely N-dealkylation sites (tertiary alicyclic amines) is 1. The van der Waals surface area contributed by atoms with Crippen LogP contribution in [0.5, 0.6) is 0 Å². The third-order valence-electron chi connectivity index (χ3n) is 5.34. The van der Waals surface area contributed by atoms with E-state index >= 15 is 0 Å². The number of benzene rings is 1. The molecule has 1 aromatic heterocycles. The van der Waals surface area contributed by atoms with Crippen LogP contribution in [-0.2, 0) is 4.74 Å². The van der Waals surface area contributed by atoms with Crippen LogP contribution in [0.15, 0.2) is 42.5 Å². The summed E-state index contributed by atoms with van der Waals surface area (Å²) < 4.78 is 5.43. The maximum Gasteiger partial charge on any atom is 0.254 e. The molecule has 1 atom stereocenters. The van der Waals surface area contributed by atoms with Crippen LogP contribution >= 0.6 is 0 Å². The minimum Gasteiger partial charge on any atom is -0.378 e. The van der Waals surface area contributed by atoms with Gasteiger partial charge in [0.2, 0.25) is 0 Å². The van der Waals surface area contributed by atoms with Crippen molar-refractivity contribution in [2.24, 2.45) is 0 Å². The largest absolute Gasteiger partial charge is 0.378 e. The number of carbonyl (C=O) groups is 1. The van der Waals surface area contributed by atoms with Crippen molar-refractivity contribution in [3.63, 3.8) is 0 Å². The van der Waals surface area contributed by atoms with Gasteiger partial charge >= 0.3 is 0 Å². The quantitative estimate of drug-likeness (QED) is 0.852. The topological polar surface area (TPSA) is 45.7 Å². The second-order valence-electron chi connectivity index (χ2n) is 6.97. The van der Waals surface area contributed by atoms with Gasteiger partial charge in [-0.05, 0) is 43.5 Å². The van der Waals surface area contributed by atoms with Crippen molar-refractivity contribution in [1.29, 1.82) is 0 Å². The highest BCUT2D eigenvalue weighted by Gasteiger charge is 2.32. The van der Waals surface area contributed by atoms with E-state index in [1.807, 2.05) is 35.2 Å². The summed E-state index contributed by atoms with van der Waals surface area (Å²) in [6.45, 7) is 6.14. The fraction of sp³-hybridized carbons (Fsp3) is 0.429. The molecule has 5 nitrogen and oxygen atoms in total. The SMILES string of the molecule is Cc1nc(N2CCOCC2)ccc1C1CCCN1C(=O)c1ccccc1. The Hall–Kier alpha value is -2.40. The molecule has 2 aliphatic heterocycles. The van der Waals surface area contributed by atoms with Crippen LogP contribution in [0, 0.1) is 6.92 Å². The third kappa shape index (κ3) is 3.31. The van der Waals surface area contributed by atoms with Gasteiger partial charge < -0.3 is 14.5 Å². The van der Waals surface area contributed by atoms with Gasteiger partial charge in [0.05, 0.1) is 19.3 Å². The van der Waals surface area contributed by atoms with Crippen LogP contribution in [0.2, 0.25) is 0 Å². The fourth-order valence-electron chi connectivity index (χ4n) is 3.96. The maximum absolute atomic E-state index is 12.9. The minimum absolute atomic E-state index is 0.116. The molecule has 5 heteroatoms. The lowest BCUT2D eigenvalue weighted by Gasteiger charge is -2.30. The molecule has 2 aromatic rings. The van der Waals surface area contributed by atoms with E-state index < -0.39 is 0 Å². The fourth-order valence-corrected chi connectivity index (χ4v) is 3.96. The number of anilines is 1. The average molecular weight is 351 g/mol. The Balaban J connectivity index is 1.57. The lowest BCUT2D eigenvalue weighted by Crippen LogP contribution is -2.37. The number of amides is 1. The predicted molar refractivity (Wildman–Crippen MR) is 101 cm³/mol. The zero-order chi connectivity index (χ0) is 17.9. The summed E-state index contributed by atoms with van der Waals surface area (Å²) in [6.07, 6.45) is 2.03. The Morgan fingerprint density at radius 1 is 1.08 bits per heavy atom. The monoisotopic (exact) mass is 351 g/mol. The van der Waals surface area contributed by atoms with Gasteiger partial charge in [0.1, 0.15) is 5.82 Å². The Morgan fingerprint density at radius 2 is 1.85 bits per heavy atom. The van der Waals surface area contributed by atoms with E-state index in [0.717, 1.165) is 62.8 Å². The third-order valence-corrected chi connectivity index (χ3v) is 5.34. The second-order valence-corrected chi connectivity index (χ2v) is 6.97. The number of ether oxygens (including phenoxy) is 1. The first-order chi connectivity index (χ1) is 12.7. The summed E-state index contributed by atoms with van der Waals surface area (Å²) in [7, 11) is 0. The molecule has 4 rings (SSSR count). The highest BCUT2D eigenvalue weighted by molar-refractivity contribution is 5.94. The summed E-state index contributed by atoms with van der Waals surface area (Å²) in [6, 6.07) is 13.9. The molecule has 0 saturated carbocycles. The molecule has 0 spiro atoms. The smallest absolute Gasteiger partial charge is 0.254 e. The van der Waals surface area contributed by atoms with Crippen molar-refractivity contribution < 1.29 is 9.53 Å². The van der Waals surface area contributed by atoms with Crippen molar-refractivity contribution in [3.05, 3.63) is 59.3 Å². The Labute approximate surface area is 154 Å². The number of carbonyl (C=O) groups excluding carboxylic acids is 1. The van der Waals surface area contributed by atoms with Gasteiger partial charge in [0, 0.05) is 30.9 Å². The van der Waals surface area contributed by atoms with E-state index in [1.54, 1.807) is 0 Å². The lowest BCUT2D eigenvalue weighted by atomic mass is 10.0. The highest BCUT2D eigenvalue weighted by atomic mass is 16.5. The number of nitrogens with zero attached hydrogens (tertiary/aromatic N) is 3. The van der Waals surface area contributed by atoms with E-state index in [2.05, 4.69) is 24.0 Å². The van der Waals surface area contributed by atoms with Crippen LogP contribution < -0.4 is 4.90 Å². The van der Waals surface area contributed by atoms with Gasteiger partial charge in [-0.25, -0.2) is 4.98 Å². The van der Waals surface area contributed by atoms with E-state index in [4.69, 9.17) is 9.72 Å². The van der Waals surface area contributed by atoms with E-state index in [9.17, 15) is 4.79 Å².